The minimum Gasteiger partial charge on any atom is -0.454 e. The first-order valence-corrected chi connectivity index (χ1v) is 10.6. The molecular formula is C22H22N2O5S. The van der Waals surface area contributed by atoms with Crippen LogP contribution in [-0.2, 0) is 14.3 Å². The zero-order chi connectivity index (χ0) is 21.8. The number of ether oxygens (including phenoxy) is 1. The highest BCUT2D eigenvalue weighted by molar-refractivity contribution is 7.98. The largest absolute Gasteiger partial charge is 0.454 e. The van der Waals surface area contributed by atoms with Crippen LogP contribution in [0.2, 0.25) is 0 Å². The van der Waals surface area contributed by atoms with Gasteiger partial charge in [0.2, 0.25) is 0 Å². The smallest absolute Gasteiger partial charge is 0.330 e. The lowest BCUT2D eigenvalue weighted by Gasteiger charge is -2.27. The maximum absolute atomic E-state index is 12.7. The van der Waals surface area contributed by atoms with E-state index in [4.69, 9.17) is 4.74 Å². The van der Waals surface area contributed by atoms with Crippen molar-refractivity contribution in [3.05, 3.63) is 59.7 Å². The summed E-state index contributed by atoms with van der Waals surface area (Å²) < 4.78 is 5.15. The number of hydrogen-bond donors (Lipinski definition) is 1. The fourth-order valence-electron chi connectivity index (χ4n) is 3.23. The maximum Gasteiger partial charge on any atom is 0.330 e. The first-order chi connectivity index (χ1) is 14.3. The van der Waals surface area contributed by atoms with Crippen LogP contribution in [0.25, 0.3) is 0 Å². The molecule has 1 heterocycles. The maximum atomic E-state index is 12.7. The number of thioether (sulfide) groups is 1. The van der Waals surface area contributed by atoms with Gasteiger partial charge >= 0.3 is 5.97 Å². The molecule has 0 saturated carbocycles. The predicted molar refractivity (Wildman–Crippen MR) is 113 cm³/mol. The van der Waals surface area contributed by atoms with Crippen LogP contribution in [0.3, 0.4) is 0 Å². The van der Waals surface area contributed by atoms with Gasteiger partial charge in [-0.25, -0.2) is 4.79 Å². The molecule has 3 rings (SSSR count). The van der Waals surface area contributed by atoms with Crippen LogP contribution in [-0.4, -0.2) is 47.5 Å². The third-order valence-corrected chi connectivity index (χ3v) is 5.44. The zero-order valence-corrected chi connectivity index (χ0v) is 17.7. The van der Waals surface area contributed by atoms with Gasteiger partial charge in [-0.05, 0) is 48.6 Å². The SMILES string of the molecule is CSc1ccc(NC(=O)COC(=O)[C@H](C(C)C)N2C(=O)c3ccccc3C2=O)cc1. The molecule has 0 aromatic heterocycles. The average molecular weight is 426 g/mol. The van der Waals surface area contributed by atoms with Crippen molar-refractivity contribution >= 4 is 41.1 Å². The summed E-state index contributed by atoms with van der Waals surface area (Å²) in [6.07, 6.45) is 1.95. The highest BCUT2D eigenvalue weighted by Crippen LogP contribution is 2.27. The first kappa shape index (κ1) is 21.6. The average Bonchev–Trinajstić information content (AvgIpc) is 2.98. The Morgan fingerprint density at radius 2 is 1.57 bits per heavy atom. The lowest BCUT2D eigenvalue weighted by atomic mass is 10.0. The number of benzene rings is 2. The van der Waals surface area contributed by atoms with Crippen LogP contribution in [0.4, 0.5) is 5.69 Å². The molecule has 156 valence electrons. The molecule has 3 amide bonds. The summed E-state index contributed by atoms with van der Waals surface area (Å²) in [5, 5.41) is 2.65. The second-order valence-corrected chi connectivity index (χ2v) is 7.98. The Balaban J connectivity index is 1.65. The van der Waals surface area contributed by atoms with Crippen LogP contribution in [0.15, 0.2) is 53.4 Å². The summed E-state index contributed by atoms with van der Waals surface area (Å²) in [5.74, 6) is -2.77. The fraction of sp³-hybridized carbons (Fsp3) is 0.273. The van der Waals surface area contributed by atoms with E-state index in [1.54, 1.807) is 62.0 Å². The van der Waals surface area contributed by atoms with Gasteiger partial charge in [-0.15, -0.1) is 11.8 Å². The number of imide groups is 1. The van der Waals surface area contributed by atoms with E-state index in [0.717, 1.165) is 9.80 Å². The number of rotatable bonds is 7. The molecule has 30 heavy (non-hydrogen) atoms. The normalized spacial score (nSPS) is 13.9. The van der Waals surface area contributed by atoms with Gasteiger partial charge in [-0.3, -0.25) is 19.3 Å². The van der Waals surface area contributed by atoms with Gasteiger partial charge in [-0.2, -0.15) is 0 Å². The van der Waals surface area contributed by atoms with Crippen molar-refractivity contribution in [2.75, 3.05) is 18.2 Å². The van der Waals surface area contributed by atoms with Crippen molar-refractivity contribution in [1.82, 2.24) is 4.90 Å². The number of fused-ring (bicyclic) bond motifs is 1. The standard InChI is InChI=1S/C22H22N2O5S/c1-13(2)19(24-20(26)16-6-4-5-7-17(16)21(24)27)22(28)29-12-18(25)23-14-8-10-15(30-3)11-9-14/h4-11,13,19H,12H2,1-3H3,(H,23,25)/t19-/m0/s1. The van der Waals surface area contributed by atoms with Gasteiger partial charge in [0.15, 0.2) is 6.61 Å². The molecule has 7 nitrogen and oxygen atoms in total. The lowest BCUT2D eigenvalue weighted by Crippen LogP contribution is -2.49. The molecule has 1 aliphatic heterocycles. The van der Waals surface area contributed by atoms with Crippen LogP contribution in [0, 0.1) is 5.92 Å². The quantitative estimate of drug-likeness (QED) is 0.415. The van der Waals surface area contributed by atoms with Gasteiger partial charge in [0, 0.05) is 10.6 Å². The summed E-state index contributed by atoms with van der Waals surface area (Å²) in [6, 6.07) is 12.5. The van der Waals surface area contributed by atoms with E-state index in [0.29, 0.717) is 5.69 Å². The lowest BCUT2D eigenvalue weighted by molar-refractivity contribution is -0.152. The number of anilines is 1. The topological polar surface area (TPSA) is 92.8 Å². The molecule has 0 fully saturated rings. The summed E-state index contributed by atoms with van der Waals surface area (Å²) in [5.41, 5.74) is 1.09. The van der Waals surface area contributed by atoms with Crippen molar-refractivity contribution in [1.29, 1.82) is 0 Å². The number of carbonyl (C=O) groups excluding carboxylic acids is 4. The molecule has 2 aromatic rings. The number of hydrogen-bond acceptors (Lipinski definition) is 6. The second-order valence-electron chi connectivity index (χ2n) is 7.10. The molecule has 2 aromatic carbocycles. The number of esters is 1. The van der Waals surface area contributed by atoms with E-state index in [2.05, 4.69) is 5.32 Å². The molecule has 0 saturated heterocycles. The third kappa shape index (κ3) is 4.38. The van der Waals surface area contributed by atoms with Crippen LogP contribution >= 0.6 is 11.8 Å². The Hall–Kier alpha value is -3.13. The Morgan fingerprint density at radius 1 is 1.00 bits per heavy atom. The van der Waals surface area contributed by atoms with E-state index < -0.39 is 36.3 Å². The Bertz CT molecular complexity index is 952. The number of amides is 3. The molecule has 0 aliphatic carbocycles. The summed E-state index contributed by atoms with van der Waals surface area (Å²) >= 11 is 1.58. The fourth-order valence-corrected chi connectivity index (χ4v) is 3.64. The molecule has 1 N–H and O–H groups in total. The van der Waals surface area contributed by atoms with Gasteiger partial charge in [0.25, 0.3) is 17.7 Å². The molecule has 0 bridgehead atoms. The van der Waals surface area contributed by atoms with Crippen molar-refractivity contribution in [2.24, 2.45) is 5.92 Å². The number of carbonyl (C=O) groups is 4. The molecule has 0 spiro atoms. The highest BCUT2D eigenvalue weighted by atomic mass is 32.2. The minimum absolute atomic E-state index is 0.257. The third-order valence-electron chi connectivity index (χ3n) is 4.70. The monoisotopic (exact) mass is 426 g/mol. The van der Waals surface area contributed by atoms with E-state index in [-0.39, 0.29) is 17.0 Å². The van der Waals surface area contributed by atoms with Gasteiger partial charge in [-0.1, -0.05) is 26.0 Å². The molecule has 0 radical (unpaired) electrons. The summed E-state index contributed by atoms with van der Waals surface area (Å²) in [7, 11) is 0. The second kappa shape index (κ2) is 9.13. The van der Waals surface area contributed by atoms with Crippen molar-refractivity contribution in [2.45, 2.75) is 24.8 Å². The number of nitrogens with one attached hydrogen (secondary N) is 1. The summed E-state index contributed by atoms with van der Waals surface area (Å²) in [6.45, 7) is 2.90. The van der Waals surface area contributed by atoms with Gasteiger partial charge in [0.05, 0.1) is 11.1 Å². The van der Waals surface area contributed by atoms with E-state index in [1.165, 1.54) is 0 Å². The first-order valence-electron chi connectivity index (χ1n) is 9.41. The predicted octanol–water partition coefficient (Wildman–Crippen LogP) is 3.21. The molecule has 1 atom stereocenters. The van der Waals surface area contributed by atoms with E-state index in [1.807, 2.05) is 18.4 Å². The Morgan fingerprint density at radius 3 is 2.07 bits per heavy atom. The van der Waals surface area contributed by atoms with E-state index in [9.17, 15) is 19.2 Å². The van der Waals surface area contributed by atoms with Crippen molar-refractivity contribution < 1.29 is 23.9 Å². The Labute approximate surface area is 178 Å². The van der Waals surface area contributed by atoms with Gasteiger partial charge in [0.1, 0.15) is 6.04 Å². The molecule has 1 aliphatic rings. The minimum atomic E-state index is -1.12. The summed E-state index contributed by atoms with van der Waals surface area (Å²) in [4.78, 5) is 52.2. The molecule has 0 unspecified atom stereocenters. The van der Waals surface area contributed by atoms with Gasteiger partial charge < -0.3 is 10.1 Å². The number of nitrogens with zero attached hydrogens (tertiary/aromatic N) is 1. The van der Waals surface area contributed by atoms with Crippen LogP contribution < -0.4 is 5.32 Å². The molecular weight excluding hydrogens is 404 g/mol. The van der Waals surface area contributed by atoms with Crippen molar-refractivity contribution in [3.63, 3.8) is 0 Å². The zero-order valence-electron chi connectivity index (χ0n) is 16.9. The van der Waals surface area contributed by atoms with Crippen LogP contribution in [0.5, 0.6) is 0 Å². The highest BCUT2D eigenvalue weighted by Gasteiger charge is 2.44. The Kier molecular flexibility index (Phi) is 6.56. The van der Waals surface area contributed by atoms with Crippen molar-refractivity contribution in [3.8, 4) is 0 Å². The molecule has 8 heteroatoms. The van der Waals surface area contributed by atoms with Crippen LogP contribution in [0.1, 0.15) is 34.6 Å². The van der Waals surface area contributed by atoms with E-state index >= 15 is 0 Å².